The molecule has 158 valence electrons. The van der Waals surface area contributed by atoms with Crippen LogP contribution in [-0.4, -0.2) is 29.5 Å². The van der Waals surface area contributed by atoms with Gasteiger partial charge in [0.25, 0.3) is 10.0 Å². The highest BCUT2D eigenvalue weighted by Crippen LogP contribution is 2.34. The van der Waals surface area contributed by atoms with Crippen molar-refractivity contribution in [1.29, 1.82) is 0 Å². The maximum atomic E-state index is 13.6. The Morgan fingerprint density at radius 3 is 2.38 bits per heavy atom. The predicted molar refractivity (Wildman–Crippen MR) is 124 cm³/mol. The van der Waals surface area contributed by atoms with Crippen LogP contribution in [0.15, 0.2) is 102 Å². The minimum Gasteiger partial charge on any atom is -0.496 e. The molecule has 0 bridgehead atoms. The number of para-hydroxylation sites is 1. The molecule has 0 amide bonds. The zero-order valence-electron chi connectivity index (χ0n) is 17.2. The predicted octanol–water partition coefficient (Wildman–Crippen LogP) is 5.01. The summed E-state index contributed by atoms with van der Waals surface area (Å²) in [5, 5.41) is 1.89. The van der Waals surface area contributed by atoms with Crippen molar-refractivity contribution in [2.45, 2.75) is 4.90 Å². The highest BCUT2D eigenvalue weighted by atomic mass is 32.2. The molecule has 0 aliphatic rings. The molecule has 0 aliphatic carbocycles. The van der Waals surface area contributed by atoms with Crippen LogP contribution >= 0.6 is 0 Å². The maximum absolute atomic E-state index is 13.6. The van der Waals surface area contributed by atoms with E-state index in [-0.39, 0.29) is 10.7 Å². The van der Waals surface area contributed by atoms with Gasteiger partial charge in [-0.2, -0.15) is 0 Å². The molecule has 5 rings (SSSR count). The molecule has 0 atom stereocenters. The average Bonchev–Trinajstić information content (AvgIpc) is 3.30. The first-order valence-electron chi connectivity index (χ1n) is 9.97. The van der Waals surface area contributed by atoms with Gasteiger partial charge in [-0.3, -0.25) is 4.98 Å². The van der Waals surface area contributed by atoms with E-state index in [9.17, 15) is 8.42 Å². The number of ether oxygens (including phenoxy) is 1. The van der Waals surface area contributed by atoms with Crippen molar-refractivity contribution >= 4 is 20.8 Å². The molecular formula is C25H19N3O3S. The maximum Gasteiger partial charge on any atom is 0.269 e. The van der Waals surface area contributed by atoms with Crippen LogP contribution in [0, 0.1) is 0 Å². The topological polar surface area (TPSA) is 74.1 Å². The van der Waals surface area contributed by atoms with Crippen molar-refractivity contribution in [1.82, 2.24) is 13.9 Å². The number of aromatic nitrogens is 3. The van der Waals surface area contributed by atoms with E-state index in [4.69, 9.17) is 9.72 Å². The van der Waals surface area contributed by atoms with E-state index in [2.05, 4.69) is 4.98 Å². The van der Waals surface area contributed by atoms with Crippen molar-refractivity contribution in [2.24, 2.45) is 0 Å². The molecule has 2 heterocycles. The first-order chi connectivity index (χ1) is 15.6. The molecule has 32 heavy (non-hydrogen) atoms. The molecular weight excluding hydrogens is 422 g/mol. The number of benzene rings is 3. The molecule has 0 aliphatic heterocycles. The molecule has 6 nitrogen and oxygen atoms in total. The Balaban J connectivity index is 1.81. The summed E-state index contributed by atoms with van der Waals surface area (Å²) in [5.41, 5.74) is 1.64. The molecule has 0 unspecified atom stereocenters. The van der Waals surface area contributed by atoms with Gasteiger partial charge in [-0.1, -0.05) is 54.6 Å². The Hall–Kier alpha value is -3.97. The summed E-state index contributed by atoms with van der Waals surface area (Å²) in [7, 11) is -2.37. The zero-order chi connectivity index (χ0) is 22.1. The van der Waals surface area contributed by atoms with Gasteiger partial charge in [0.2, 0.25) is 0 Å². The number of nitrogens with zero attached hydrogens (tertiary/aromatic N) is 3. The monoisotopic (exact) mass is 441 g/mol. The number of hydrogen-bond donors (Lipinski definition) is 0. The summed E-state index contributed by atoms with van der Waals surface area (Å²) >= 11 is 0. The van der Waals surface area contributed by atoms with Gasteiger partial charge in [0.1, 0.15) is 11.4 Å². The second kappa shape index (κ2) is 7.94. The minimum absolute atomic E-state index is 0.172. The molecule has 7 heteroatoms. The van der Waals surface area contributed by atoms with E-state index in [1.807, 2.05) is 42.5 Å². The summed E-state index contributed by atoms with van der Waals surface area (Å²) in [4.78, 5) is 9.44. The van der Waals surface area contributed by atoms with Crippen molar-refractivity contribution < 1.29 is 13.2 Å². The summed E-state index contributed by atoms with van der Waals surface area (Å²) in [6.45, 7) is 0. The van der Waals surface area contributed by atoms with Crippen LogP contribution < -0.4 is 4.74 Å². The number of methoxy groups -OCH3 is 1. The highest BCUT2D eigenvalue weighted by molar-refractivity contribution is 7.90. The SMILES string of the molecule is COc1ccccc1-c1nc(-c2nccc3ccccc23)cn1S(=O)(=O)c1ccccc1. The fourth-order valence-electron chi connectivity index (χ4n) is 3.70. The highest BCUT2D eigenvalue weighted by Gasteiger charge is 2.25. The average molecular weight is 442 g/mol. The van der Waals surface area contributed by atoms with Gasteiger partial charge in [0, 0.05) is 11.6 Å². The third-order valence-corrected chi connectivity index (χ3v) is 6.90. The van der Waals surface area contributed by atoms with Crippen LogP contribution in [0.3, 0.4) is 0 Å². The van der Waals surface area contributed by atoms with E-state index in [1.165, 1.54) is 10.2 Å². The lowest BCUT2D eigenvalue weighted by atomic mass is 10.1. The van der Waals surface area contributed by atoms with Crippen molar-refractivity contribution in [3.8, 4) is 28.5 Å². The lowest BCUT2D eigenvalue weighted by Crippen LogP contribution is -2.13. The first-order valence-corrected chi connectivity index (χ1v) is 11.4. The summed E-state index contributed by atoms with van der Waals surface area (Å²) in [6, 6.07) is 25.2. The Morgan fingerprint density at radius 1 is 0.844 bits per heavy atom. The zero-order valence-corrected chi connectivity index (χ0v) is 18.0. The number of imidazole rings is 1. The quantitative estimate of drug-likeness (QED) is 0.383. The van der Waals surface area contributed by atoms with Crippen LogP contribution in [0.2, 0.25) is 0 Å². The van der Waals surface area contributed by atoms with Crippen LogP contribution in [-0.2, 0) is 10.0 Å². The number of fused-ring (bicyclic) bond motifs is 1. The summed E-state index contributed by atoms with van der Waals surface area (Å²) in [5.74, 6) is 0.788. The molecule has 5 aromatic rings. The Labute approximate surface area is 185 Å². The summed E-state index contributed by atoms with van der Waals surface area (Å²) in [6.07, 6.45) is 3.23. The lowest BCUT2D eigenvalue weighted by molar-refractivity contribution is 0.416. The molecule has 0 spiro atoms. The Bertz CT molecular complexity index is 1520. The molecule has 0 saturated carbocycles. The van der Waals surface area contributed by atoms with Gasteiger partial charge in [-0.25, -0.2) is 17.4 Å². The van der Waals surface area contributed by atoms with E-state index < -0.39 is 10.0 Å². The second-order valence-corrected chi connectivity index (χ2v) is 8.96. The lowest BCUT2D eigenvalue weighted by Gasteiger charge is -2.11. The standard InChI is InChI=1S/C25H19N3O3S/c1-31-23-14-8-7-13-21(23)25-27-22(24-20-12-6-5-9-18(20)15-16-26-24)17-28(25)32(29,30)19-10-3-2-4-11-19/h2-17H,1H3. The Kier molecular flexibility index (Phi) is 4.95. The van der Waals surface area contributed by atoms with Crippen molar-refractivity contribution in [2.75, 3.05) is 7.11 Å². The second-order valence-electron chi connectivity index (χ2n) is 7.14. The van der Waals surface area contributed by atoms with E-state index in [0.717, 1.165) is 10.8 Å². The first kappa shape index (κ1) is 20.0. The van der Waals surface area contributed by atoms with Gasteiger partial charge in [-0.05, 0) is 35.7 Å². The van der Waals surface area contributed by atoms with E-state index in [0.29, 0.717) is 22.7 Å². The third-order valence-electron chi connectivity index (χ3n) is 5.24. The molecule has 0 fully saturated rings. The smallest absolute Gasteiger partial charge is 0.269 e. The number of hydrogen-bond acceptors (Lipinski definition) is 5. The normalized spacial score (nSPS) is 11.5. The van der Waals surface area contributed by atoms with Crippen LogP contribution in [0.4, 0.5) is 0 Å². The van der Waals surface area contributed by atoms with E-state index in [1.54, 1.807) is 55.8 Å². The third kappa shape index (κ3) is 3.33. The van der Waals surface area contributed by atoms with Crippen LogP contribution in [0.1, 0.15) is 0 Å². The Morgan fingerprint density at radius 2 is 1.56 bits per heavy atom. The molecule has 3 aromatic carbocycles. The largest absolute Gasteiger partial charge is 0.496 e. The van der Waals surface area contributed by atoms with Gasteiger partial charge >= 0.3 is 0 Å². The fraction of sp³-hybridized carbons (Fsp3) is 0.0400. The number of pyridine rings is 1. The van der Waals surface area contributed by atoms with Crippen LogP contribution in [0.5, 0.6) is 5.75 Å². The fourth-order valence-corrected chi connectivity index (χ4v) is 5.03. The van der Waals surface area contributed by atoms with Crippen molar-refractivity contribution in [3.05, 3.63) is 97.3 Å². The van der Waals surface area contributed by atoms with Gasteiger partial charge < -0.3 is 4.74 Å². The number of rotatable bonds is 5. The van der Waals surface area contributed by atoms with Gasteiger partial charge in [0.05, 0.1) is 29.5 Å². The molecule has 0 saturated heterocycles. The minimum atomic E-state index is -3.91. The van der Waals surface area contributed by atoms with Gasteiger partial charge in [0.15, 0.2) is 5.82 Å². The van der Waals surface area contributed by atoms with Gasteiger partial charge in [-0.15, -0.1) is 0 Å². The molecule has 0 radical (unpaired) electrons. The van der Waals surface area contributed by atoms with E-state index >= 15 is 0 Å². The molecule has 2 aromatic heterocycles. The summed E-state index contributed by atoms with van der Waals surface area (Å²) < 4.78 is 33.9. The molecule has 0 N–H and O–H groups in total. The van der Waals surface area contributed by atoms with Crippen LogP contribution in [0.25, 0.3) is 33.5 Å². The van der Waals surface area contributed by atoms with Crippen molar-refractivity contribution in [3.63, 3.8) is 0 Å².